The summed E-state index contributed by atoms with van der Waals surface area (Å²) in [4.78, 5) is 0. The lowest BCUT2D eigenvalue weighted by Gasteiger charge is -2.19. The van der Waals surface area contributed by atoms with Crippen LogP contribution in [0.1, 0.15) is 17.2 Å². The van der Waals surface area contributed by atoms with E-state index in [1.807, 2.05) is 24.3 Å². The van der Waals surface area contributed by atoms with E-state index in [9.17, 15) is 0 Å². The summed E-state index contributed by atoms with van der Waals surface area (Å²) >= 11 is 7.08. The molecule has 3 aromatic rings. The highest BCUT2D eigenvalue weighted by Gasteiger charge is 2.15. The van der Waals surface area contributed by atoms with E-state index >= 15 is 0 Å². The molecule has 0 bridgehead atoms. The summed E-state index contributed by atoms with van der Waals surface area (Å²) in [6, 6.07) is 20.8. The fraction of sp³-hybridized carbons (Fsp3) is 0.0588. The summed E-state index contributed by atoms with van der Waals surface area (Å²) < 4.78 is 2.06. The van der Waals surface area contributed by atoms with Gasteiger partial charge >= 0.3 is 0 Å². The number of hydrazine groups is 1. The van der Waals surface area contributed by atoms with Crippen molar-refractivity contribution >= 4 is 42.6 Å². The molecule has 0 aliphatic rings. The van der Waals surface area contributed by atoms with Gasteiger partial charge in [-0.1, -0.05) is 74.3 Å². The summed E-state index contributed by atoms with van der Waals surface area (Å²) in [5, 5.41) is 2.44. The maximum Gasteiger partial charge on any atom is 0.0721 e. The summed E-state index contributed by atoms with van der Waals surface area (Å²) in [5.41, 5.74) is 5.16. The SMILES string of the molecule is NNC(c1ccc2ccccc2c1)c1ccc(Br)cc1Br. The summed E-state index contributed by atoms with van der Waals surface area (Å²) in [5.74, 6) is 5.81. The monoisotopic (exact) mass is 404 g/mol. The molecule has 0 aliphatic carbocycles. The van der Waals surface area contributed by atoms with Crippen LogP contribution in [-0.2, 0) is 0 Å². The first-order valence-corrected chi connectivity index (χ1v) is 8.17. The summed E-state index contributed by atoms with van der Waals surface area (Å²) in [6.45, 7) is 0. The average Bonchev–Trinajstić information content (AvgIpc) is 2.50. The van der Waals surface area contributed by atoms with Crippen LogP contribution < -0.4 is 11.3 Å². The van der Waals surface area contributed by atoms with E-state index in [4.69, 9.17) is 5.84 Å². The number of hydrogen-bond donors (Lipinski definition) is 2. The average molecular weight is 406 g/mol. The topological polar surface area (TPSA) is 38.0 Å². The van der Waals surface area contributed by atoms with Gasteiger partial charge < -0.3 is 0 Å². The Kier molecular flexibility index (Phi) is 4.40. The molecule has 0 radical (unpaired) electrons. The molecule has 0 heterocycles. The maximum atomic E-state index is 5.81. The number of fused-ring (bicyclic) bond motifs is 1. The third kappa shape index (κ3) is 3.04. The number of rotatable bonds is 3. The Bertz CT molecular complexity index is 787. The Labute approximate surface area is 140 Å². The highest BCUT2D eigenvalue weighted by atomic mass is 79.9. The molecule has 0 saturated carbocycles. The van der Waals surface area contributed by atoms with Gasteiger partial charge in [0.15, 0.2) is 0 Å². The molecule has 0 aliphatic heterocycles. The van der Waals surface area contributed by atoms with Crippen molar-refractivity contribution in [3.05, 3.63) is 80.7 Å². The number of nitrogens with two attached hydrogens (primary N) is 1. The molecule has 1 unspecified atom stereocenters. The molecule has 3 aromatic carbocycles. The predicted octanol–water partition coefficient (Wildman–Crippen LogP) is 4.92. The summed E-state index contributed by atoms with van der Waals surface area (Å²) in [6.07, 6.45) is 0. The largest absolute Gasteiger partial charge is 0.271 e. The second kappa shape index (κ2) is 6.28. The van der Waals surface area contributed by atoms with Gasteiger partial charge in [0.05, 0.1) is 6.04 Å². The molecule has 2 nitrogen and oxygen atoms in total. The van der Waals surface area contributed by atoms with E-state index in [2.05, 4.69) is 73.7 Å². The fourth-order valence-electron chi connectivity index (χ4n) is 2.49. The zero-order valence-electron chi connectivity index (χ0n) is 11.2. The predicted molar refractivity (Wildman–Crippen MR) is 95.0 cm³/mol. The maximum absolute atomic E-state index is 5.81. The first-order valence-electron chi connectivity index (χ1n) is 6.59. The van der Waals surface area contributed by atoms with Gasteiger partial charge in [0.1, 0.15) is 0 Å². The Morgan fingerprint density at radius 3 is 2.33 bits per heavy atom. The molecule has 0 amide bonds. The third-order valence-corrected chi connectivity index (χ3v) is 4.73. The lowest BCUT2D eigenvalue weighted by molar-refractivity contribution is 0.635. The van der Waals surface area contributed by atoms with Gasteiger partial charge in [-0.15, -0.1) is 0 Å². The van der Waals surface area contributed by atoms with E-state index in [0.717, 1.165) is 20.1 Å². The minimum absolute atomic E-state index is 0.0583. The molecule has 4 heteroatoms. The van der Waals surface area contributed by atoms with Crippen LogP contribution in [0, 0.1) is 0 Å². The first-order chi connectivity index (χ1) is 10.2. The van der Waals surface area contributed by atoms with Crippen molar-refractivity contribution in [2.24, 2.45) is 5.84 Å². The highest BCUT2D eigenvalue weighted by molar-refractivity contribution is 9.11. The minimum atomic E-state index is -0.0583. The van der Waals surface area contributed by atoms with Crippen molar-refractivity contribution in [1.29, 1.82) is 0 Å². The first kappa shape index (κ1) is 14.7. The zero-order chi connectivity index (χ0) is 14.8. The number of nitrogens with one attached hydrogen (secondary N) is 1. The van der Waals surface area contributed by atoms with E-state index in [0.29, 0.717) is 0 Å². The van der Waals surface area contributed by atoms with E-state index in [1.165, 1.54) is 10.8 Å². The van der Waals surface area contributed by atoms with Gasteiger partial charge in [-0.25, -0.2) is 5.43 Å². The van der Waals surface area contributed by atoms with Crippen LogP contribution in [0.3, 0.4) is 0 Å². The number of benzene rings is 3. The van der Waals surface area contributed by atoms with Crippen molar-refractivity contribution in [2.45, 2.75) is 6.04 Å². The Morgan fingerprint density at radius 1 is 0.857 bits per heavy atom. The molecular formula is C17H14Br2N2. The highest BCUT2D eigenvalue weighted by Crippen LogP contribution is 2.31. The van der Waals surface area contributed by atoms with Crippen molar-refractivity contribution in [1.82, 2.24) is 5.43 Å². The lowest BCUT2D eigenvalue weighted by Crippen LogP contribution is -2.29. The Morgan fingerprint density at radius 2 is 1.62 bits per heavy atom. The molecule has 3 N–H and O–H groups in total. The van der Waals surface area contributed by atoms with Crippen molar-refractivity contribution in [3.8, 4) is 0 Å². The van der Waals surface area contributed by atoms with Crippen LogP contribution in [0.2, 0.25) is 0 Å². The number of hydrogen-bond acceptors (Lipinski definition) is 2. The van der Waals surface area contributed by atoms with Crippen LogP contribution in [0.15, 0.2) is 69.6 Å². The van der Waals surface area contributed by atoms with Gasteiger partial charge in [-0.3, -0.25) is 5.84 Å². The van der Waals surface area contributed by atoms with Gasteiger partial charge in [0.25, 0.3) is 0 Å². The normalized spacial score (nSPS) is 12.5. The van der Waals surface area contributed by atoms with E-state index in [-0.39, 0.29) is 6.04 Å². The minimum Gasteiger partial charge on any atom is -0.271 e. The van der Waals surface area contributed by atoms with Crippen molar-refractivity contribution in [2.75, 3.05) is 0 Å². The van der Waals surface area contributed by atoms with Crippen LogP contribution in [0.4, 0.5) is 0 Å². The zero-order valence-corrected chi connectivity index (χ0v) is 14.4. The van der Waals surface area contributed by atoms with Gasteiger partial charge in [0.2, 0.25) is 0 Å². The third-order valence-electron chi connectivity index (χ3n) is 3.55. The van der Waals surface area contributed by atoms with Crippen molar-refractivity contribution in [3.63, 3.8) is 0 Å². The second-order valence-corrected chi connectivity index (χ2v) is 6.64. The molecule has 0 aromatic heterocycles. The molecule has 21 heavy (non-hydrogen) atoms. The fourth-order valence-corrected chi connectivity index (χ4v) is 3.76. The van der Waals surface area contributed by atoms with Crippen molar-refractivity contribution < 1.29 is 0 Å². The molecule has 0 fully saturated rings. The van der Waals surface area contributed by atoms with Crippen LogP contribution in [0.25, 0.3) is 10.8 Å². The smallest absolute Gasteiger partial charge is 0.0721 e. The quantitative estimate of drug-likeness (QED) is 0.479. The molecule has 106 valence electrons. The van der Waals surface area contributed by atoms with Crippen LogP contribution in [-0.4, -0.2) is 0 Å². The molecule has 0 saturated heterocycles. The standard InChI is InChI=1S/C17H14Br2N2/c18-14-7-8-15(16(19)10-14)17(21-20)13-6-5-11-3-1-2-4-12(11)9-13/h1-10,17,21H,20H2. The van der Waals surface area contributed by atoms with Gasteiger partial charge in [-0.2, -0.15) is 0 Å². The van der Waals surface area contributed by atoms with Crippen LogP contribution in [0.5, 0.6) is 0 Å². The second-order valence-electron chi connectivity index (χ2n) is 4.87. The Hall–Kier alpha value is -1.20. The summed E-state index contributed by atoms with van der Waals surface area (Å²) in [7, 11) is 0. The lowest BCUT2D eigenvalue weighted by atomic mass is 9.97. The molecule has 3 rings (SSSR count). The molecule has 1 atom stereocenters. The van der Waals surface area contributed by atoms with Crippen LogP contribution >= 0.6 is 31.9 Å². The van der Waals surface area contributed by atoms with E-state index < -0.39 is 0 Å². The van der Waals surface area contributed by atoms with Gasteiger partial charge in [0, 0.05) is 8.95 Å². The van der Waals surface area contributed by atoms with Gasteiger partial charge in [-0.05, 0) is 40.1 Å². The Balaban J connectivity index is 2.09. The number of halogens is 2. The molecular weight excluding hydrogens is 392 g/mol. The molecule has 0 spiro atoms. The van der Waals surface area contributed by atoms with E-state index in [1.54, 1.807) is 0 Å².